The quantitative estimate of drug-likeness (QED) is 0.280. The Morgan fingerprint density at radius 3 is 2.55 bits per heavy atom. The summed E-state index contributed by atoms with van der Waals surface area (Å²) in [5.74, 6) is -0.621. The van der Waals surface area contributed by atoms with Crippen LogP contribution in [0.2, 0.25) is 0 Å². The van der Waals surface area contributed by atoms with Crippen molar-refractivity contribution < 1.29 is 26.8 Å². The number of imidazole rings is 1. The van der Waals surface area contributed by atoms with E-state index in [1.54, 1.807) is 0 Å². The van der Waals surface area contributed by atoms with Crippen LogP contribution in [0.5, 0.6) is 0 Å². The van der Waals surface area contributed by atoms with E-state index in [9.17, 15) is 21.6 Å². The lowest BCUT2D eigenvalue weighted by atomic mass is 10.2. The van der Waals surface area contributed by atoms with Gasteiger partial charge in [-0.2, -0.15) is 13.2 Å². The standard InChI is InChI=1S/C16H15F3N6O3S/c1-3-29(27,28)11-4-8(13(20)24-26)6-21-12(11)15-23-10-5-9(16(17,18)19)7-22-14(10)25(15)2/h4-7,26H,3H2,1-2H3,(H2,20,24). The monoisotopic (exact) mass is 428 g/mol. The summed E-state index contributed by atoms with van der Waals surface area (Å²) in [4.78, 5) is 11.7. The van der Waals surface area contributed by atoms with E-state index < -0.39 is 21.6 Å². The molecule has 13 heteroatoms. The normalized spacial score (nSPS) is 13.2. The lowest BCUT2D eigenvalue weighted by molar-refractivity contribution is -0.137. The van der Waals surface area contributed by atoms with Gasteiger partial charge in [0.15, 0.2) is 27.1 Å². The fourth-order valence-corrected chi connectivity index (χ4v) is 3.70. The zero-order valence-electron chi connectivity index (χ0n) is 15.1. The van der Waals surface area contributed by atoms with Crippen molar-refractivity contribution >= 4 is 26.8 Å². The van der Waals surface area contributed by atoms with Gasteiger partial charge in [-0.15, -0.1) is 0 Å². The van der Waals surface area contributed by atoms with Gasteiger partial charge in [0, 0.05) is 25.0 Å². The molecule has 0 spiro atoms. The average Bonchev–Trinajstić information content (AvgIpc) is 3.02. The van der Waals surface area contributed by atoms with E-state index in [1.807, 2.05) is 0 Å². The van der Waals surface area contributed by atoms with E-state index in [1.165, 1.54) is 30.8 Å². The Labute approximate surface area is 162 Å². The molecule has 0 aliphatic heterocycles. The number of fused-ring (bicyclic) bond motifs is 1. The first-order chi connectivity index (χ1) is 13.5. The van der Waals surface area contributed by atoms with Crippen molar-refractivity contribution in [3.8, 4) is 11.5 Å². The maximum Gasteiger partial charge on any atom is 0.417 e. The van der Waals surface area contributed by atoms with Gasteiger partial charge in [0.2, 0.25) is 0 Å². The summed E-state index contributed by atoms with van der Waals surface area (Å²) >= 11 is 0. The maximum atomic E-state index is 13.0. The average molecular weight is 428 g/mol. The lowest BCUT2D eigenvalue weighted by Gasteiger charge is -2.10. The van der Waals surface area contributed by atoms with Crippen LogP contribution in [0, 0.1) is 0 Å². The fraction of sp³-hybridized carbons (Fsp3) is 0.250. The molecule has 0 radical (unpaired) electrons. The molecule has 29 heavy (non-hydrogen) atoms. The van der Waals surface area contributed by atoms with Gasteiger partial charge < -0.3 is 15.5 Å². The number of sulfone groups is 1. The number of halogens is 3. The summed E-state index contributed by atoms with van der Waals surface area (Å²) in [6, 6.07) is 1.99. The molecule has 0 saturated carbocycles. The number of aryl methyl sites for hydroxylation is 1. The van der Waals surface area contributed by atoms with Crippen LogP contribution in [0.25, 0.3) is 22.7 Å². The highest BCUT2D eigenvalue weighted by Gasteiger charge is 2.32. The van der Waals surface area contributed by atoms with Crippen molar-refractivity contribution in [1.29, 1.82) is 0 Å². The third-order valence-corrected chi connectivity index (χ3v) is 5.96. The molecule has 0 amide bonds. The van der Waals surface area contributed by atoms with Gasteiger partial charge in [0.1, 0.15) is 11.2 Å². The Hall–Kier alpha value is -3.22. The molecule has 3 aromatic rings. The molecule has 0 atom stereocenters. The molecule has 0 bridgehead atoms. The predicted molar refractivity (Wildman–Crippen MR) is 97.0 cm³/mol. The number of amidine groups is 1. The Morgan fingerprint density at radius 1 is 1.28 bits per heavy atom. The van der Waals surface area contributed by atoms with Crippen molar-refractivity contribution in [3.05, 3.63) is 35.7 Å². The summed E-state index contributed by atoms with van der Waals surface area (Å²) in [7, 11) is -2.36. The SMILES string of the molecule is CCS(=O)(=O)c1cc(C(N)=NO)cnc1-c1nc2cc(C(F)(F)F)cnc2n1C. The number of oxime groups is 1. The van der Waals surface area contributed by atoms with Crippen LogP contribution in [0.1, 0.15) is 18.1 Å². The fourth-order valence-electron chi connectivity index (χ4n) is 2.65. The van der Waals surface area contributed by atoms with Crippen molar-refractivity contribution in [3.63, 3.8) is 0 Å². The number of aromatic nitrogens is 4. The van der Waals surface area contributed by atoms with E-state index in [0.717, 1.165) is 6.07 Å². The minimum atomic E-state index is -4.60. The van der Waals surface area contributed by atoms with E-state index in [0.29, 0.717) is 6.20 Å². The molecule has 9 nitrogen and oxygen atoms in total. The molecule has 0 fully saturated rings. The first-order valence-electron chi connectivity index (χ1n) is 8.10. The van der Waals surface area contributed by atoms with Crippen LogP contribution in [-0.2, 0) is 23.1 Å². The van der Waals surface area contributed by atoms with Crippen molar-refractivity contribution in [1.82, 2.24) is 19.5 Å². The van der Waals surface area contributed by atoms with Gasteiger partial charge in [-0.05, 0) is 12.1 Å². The largest absolute Gasteiger partial charge is 0.417 e. The van der Waals surface area contributed by atoms with Crippen LogP contribution in [0.4, 0.5) is 13.2 Å². The highest BCUT2D eigenvalue weighted by molar-refractivity contribution is 7.91. The highest BCUT2D eigenvalue weighted by atomic mass is 32.2. The van der Waals surface area contributed by atoms with Gasteiger partial charge in [-0.1, -0.05) is 12.1 Å². The molecule has 154 valence electrons. The van der Waals surface area contributed by atoms with Gasteiger partial charge in [0.05, 0.1) is 16.2 Å². The summed E-state index contributed by atoms with van der Waals surface area (Å²) in [6.45, 7) is 1.42. The number of nitrogens with zero attached hydrogens (tertiary/aromatic N) is 5. The summed E-state index contributed by atoms with van der Waals surface area (Å²) in [6.07, 6.45) is -2.75. The molecule has 3 aromatic heterocycles. The lowest BCUT2D eigenvalue weighted by Crippen LogP contribution is -2.16. The molecule has 3 rings (SSSR count). The third kappa shape index (κ3) is 3.60. The van der Waals surface area contributed by atoms with Gasteiger partial charge in [-0.25, -0.2) is 18.4 Å². The topological polar surface area (TPSA) is 136 Å². The second-order valence-corrected chi connectivity index (χ2v) is 8.26. The minimum Gasteiger partial charge on any atom is -0.409 e. The van der Waals surface area contributed by atoms with Gasteiger partial charge >= 0.3 is 6.18 Å². The van der Waals surface area contributed by atoms with Crippen molar-refractivity contribution in [2.24, 2.45) is 17.9 Å². The van der Waals surface area contributed by atoms with Gasteiger partial charge in [0.25, 0.3) is 0 Å². The van der Waals surface area contributed by atoms with E-state index >= 15 is 0 Å². The molecule has 3 heterocycles. The molecule has 3 N–H and O–H groups in total. The molecular weight excluding hydrogens is 413 g/mol. The number of hydrogen-bond acceptors (Lipinski definition) is 7. The van der Waals surface area contributed by atoms with E-state index in [-0.39, 0.29) is 44.7 Å². The molecule has 0 unspecified atom stereocenters. The maximum absolute atomic E-state index is 13.0. The molecule has 0 saturated heterocycles. The summed E-state index contributed by atoms with van der Waals surface area (Å²) in [5.41, 5.74) is 4.55. The minimum absolute atomic E-state index is 0.00454. The Balaban J connectivity index is 2.30. The van der Waals surface area contributed by atoms with Crippen LogP contribution >= 0.6 is 0 Å². The number of pyridine rings is 2. The Morgan fingerprint density at radius 2 is 1.97 bits per heavy atom. The second kappa shape index (κ2) is 6.99. The number of alkyl halides is 3. The third-order valence-electron chi connectivity index (χ3n) is 4.22. The Bertz CT molecular complexity index is 1230. The highest BCUT2D eigenvalue weighted by Crippen LogP contribution is 2.32. The predicted octanol–water partition coefficient (Wildman–Crippen LogP) is 1.94. The van der Waals surface area contributed by atoms with Crippen LogP contribution < -0.4 is 5.73 Å². The van der Waals surface area contributed by atoms with Crippen LogP contribution in [0.3, 0.4) is 0 Å². The van der Waals surface area contributed by atoms with E-state index in [2.05, 4.69) is 20.1 Å². The first-order valence-corrected chi connectivity index (χ1v) is 9.75. The van der Waals surface area contributed by atoms with Crippen molar-refractivity contribution in [2.45, 2.75) is 18.0 Å². The summed E-state index contributed by atoms with van der Waals surface area (Å²) in [5, 5.41) is 11.6. The smallest absolute Gasteiger partial charge is 0.409 e. The Kier molecular flexibility index (Phi) is 4.94. The van der Waals surface area contributed by atoms with E-state index in [4.69, 9.17) is 10.9 Å². The van der Waals surface area contributed by atoms with Gasteiger partial charge in [-0.3, -0.25) is 4.98 Å². The molecular formula is C16H15F3N6O3S. The van der Waals surface area contributed by atoms with Crippen molar-refractivity contribution in [2.75, 3.05) is 5.75 Å². The number of rotatable bonds is 4. The van der Waals surface area contributed by atoms with Crippen LogP contribution in [0.15, 0.2) is 34.6 Å². The molecule has 0 aliphatic rings. The number of hydrogen-bond donors (Lipinski definition) is 2. The first kappa shape index (κ1) is 20.5. The molecule has 0 aliphatic carbocycles. The number of nitrogens with two attached hydrogens (primary N) is 1. The van der Waals surface area contributed by atoms with Crippen LogP contribution in [-0.4, -0.2) is 44.7 Å². The second-order valence-electron chi connectivity index (χ2n) is 6.02. The zero-order valence-corrected chi connectivity index (χ0v) is 16.0. The summed E-state index contributed by atoms with van der Waals surface area (Å²) < 4.78 is 65.4. The zero-order chi connectivity index (χ0) is 21.6. The molecule has 0 aromatic carbocycles.